The summed E-state index contributed by atoms with van der Waals surface area (Å²) in [6.45, 7) is 2.14. The minimum atomic E-state index is -1.10. The average molecular weight is 346 g/mol. The molecule has 2 aromatic carbocycles. The highest BCUT2D eigenvalue weighted by atomic mass is 19.2. The first-order valence-corrected chi connectivity index (χ1v) is 8.57. The third-order valence-corrected chi connectivity index (χ3v) is 4.76. The molecule has 1 aliphatic carbocycles. The van der Waals surface area contributed by atoms with E-state index in [-0.39, 0.29) is 16.9 Å². The lowest BCUT2D eigenvalue weighted by molar-refractivity contribution is 0.372. The van der Waals surface area contributed by atoms with E-state index >= 15 is 0 Å². The van der Waals surface area contributed by atoms with E-state index in [1.807, 2.05) is 6.07 Å². The van der Waals surface area contributed by atoms with E-state index in [1.165, 1.54) is 24.8 Å². The minimum absolute atomic E-state index is 0.0839. The summed E-state index contributed by atoms with van der Waals surface area (Å²) in [6.07, 6.45) is 6.56. The summed E-state index contributed by atoms with van der Waals surface area (Å²) < 4.78 is 48.0. The molecule has 0 fully saturated rings. The second kappa shape index (κ2) is 7.34. The quantitative estimate of drug-likeness (QED) is 0.604. The minimum Gasteiger partial charge on any atom is -0.494 e. The maximum Gasteiger partial charge on any atom is 0.201 e. The largest absolute Gasteiger partial charge is 0.494 e. The highest BCUT2D eigenvalue weighted by molar-refractivity contribution is 5.68. The molecule has 4 heteroatoms. The topological polar surface area (TPSA) is 9.23 Å². The zero-order valence-corrected chi connectivity index (χ0v) is 14.5. The van der Waals surface area contributed by atoms with Gasteiger partial charge in [0.2, 0.25) is 5.82 Å². The number of allylic oxidation sites excluding steroid dienone is 2. The normalized spacial score (nSPS) is 13.4. The van der Waals surface area contributed by atoms with Crippen molar-refractivity contribution in [2.75, 3.05) is 7.11 Å². The smallest absolute Gasteiger partial charge is 0.201 e. The van der Waals surface area contributed by atoms with Gasteiger partial charge in [0.15, 0.2) is 11.6 Å². The number of ether oxygens (including phenoxy) is 1. The molecule has 1 nitrogen and oxygen atoms in total. The fourth-order valence-corrected chi connectivity index (χ4v) is 3.31. The number of hydrogen-bond acceptors (Lipinski definition) is 1. The van der Waals surface area contributed by atoms with Gasteiger partial charge in [-0.15, -0.1) is 0 Å². The van der Waals surface area contributed by atoms with E-state index in [2.05, 4.69) is 13.0 Å². The Bertz CT molecular complexity index is 824. The molecule has 0 saturated carbocycles. The first-order chi connectivity index (χ1) is 12.1. The lowest BCUT2D eigenvalue weighted by atomic mass is 9.86. The Balaban J connectivity index is 1.97. The molecule has 0 amide bonds. The van der Waals surface area contributed by atoms with Gasteiger partial charge in [-0.3, -0.25) is 0 Å². The lowest BCUT2D eigenvalue weighted by Gasteiger charge is -2.20. The van der Waals surface area contributed by atoms with Crippen molar-refractivity contribution >= 4 is 0 Å². The number of hydrogen-bond donors (Lipinski definition) is 0. The Morgan fingerprint density at radius 1 is 0.960 bits per heavy atom. The van der Waals surface area contributed by atoms with E-state index < -0.39 is 17.5 Å². The molecule has 25 heavy (non-hydrogen) atoms. The van der Waals surface area contributed by atoms with Crippen LogP contribution in [0.5, 0.6) is 5.75 Å². The van der Waals surface area contributed by atoms with Crippen LogP contribution in [-0.4, -0.2) is 7.11 Å². The maximum atomic E-state index is 15.0. The average Bonchev–Trinajstić information content (AvgIpc) is 2.63. The van der Waals surface area contributed by atoms with Gasteiger partial charge >= 0.3 is 0 Å². The van der Waals surface area contributed by atoms with Crippen LogP contribution in [0.1, 0.15) is 37.3 Å². The molecule has 0 spiro atoms. The third-order valence-electron chi connectivity index (χ3n) is 4.76. The van der Waals surface area contributed by atoms with E-state index in [1.54, 1.807) is 6.07 Å². The van der Waals surface area contributed by atoms with Gasteiger partial charge in [0.25, 0.3) is 0 Å². The maximum absolute atomic E-state index is 15.0. The highest BCUT2D eigenvalue weighted by Gasteiger charge is 2.22. The van der Waals surface area contributed by atoms with Gasteiger partial charge in [-0.05, 0) is 48.9 Å². The van der Waals surface area contributed by atoms with Crippen molar-refractivity contribution in [3.8, 4) is 16.9 Å². The molecule has 0 bridgehead atoms. The molecule has 0 unspecified atom stereocenters. The Hall–Kier alpha value is -2.23. The molecule has 0 aromatic heterocycles. The zero-order chi connectivity index (χ0) is 18.0. The van der Waals surface area contributed by atoms with E-state index in [4.69, 9.17) is 4.74 Å². The number of unbranched alkanes of at least 4 members (excludes halogenated alkanes) is 1. The summed E-state index contributed by atoms with van der Waals surface area (Å²) in [5.74, 6) is -2.85. The fourth-order valence-electron chi connectivity index (χ4n) is 3.31. The van der Waals surface area contributed by atoms with E-state index in [0.717, 1.165) is 31.2 Å². The van der Waals surface area contributed by atoms with Gasteiger partial charge in [-0.1, -0.05) is 37.1 Å². The molecule has 2 aromatic rings. The van der Waals surface area contributed by atoms with Crippen molar-refractivity contribution in [2.45, 2.75) is 39.0 Å². The van der Waals surface area contributed by atoms with E-state index in [0.29, 0.717) is 12.0 Å². The molecule has 0 N–H and O–H groups in total. The van der Waals surface area contributed by atoms with Crippen LogP contribution < -0.4 is 4.74 Å². The molecule has 0 saturated heterocycles. The van der Waals surface area contributed by atoms with Crippen molar-refractivity contribution in [1.29, 1.82) is 0 Å². The van der Waals surface area contributed by atoms with Crippen molar-refractivity contribution in [3.05, 3.63) is 64.5 Å². The van der Waals surface area contributed by atoms with Crippen LogP contribution in [0.3, 0.4) is 0 Å². The molecular formula is C21H21F3O. The van der Waals surface area contributed by atoms with Crippen LogP contribution in [0.15, 0.2) is 35.9 Å². The molecule has 0 heterocycles. The van der Waals surface area contributed by atoms with Gasteiger partial charge in [0.1, 0.15) is 5.82 Å². The highest BCUT2D eigenvalue weighted by Crippen LogP contribution is 2.35. The molecule has 3 rings (SSSR count). The van der Waals surface area contributed by atoms with Crippen molar-refractivity contribution < 1.29 is 17.9 Å². The lowest BCUT2D eigenvalue weighted by Crippen LogP contribution is -2.07. The van der Waals surface area contributed by atoms with Gasteiger partial charge in [-0.2, -0.15) is 4.39 Å². The summed E-state index contributed by atoms with van der Waals surface area (Å²) in [4.78, 5) is 0. The SMILES string of the molecule is CCCCC1=CCc2c(ccc(-c3ccc(OC)c(F)c3F)c2F)C1. The molecular weight excluding hydrogens is 325 g/mol. The van der Waals surface area contributed by atoms with Gasteiger partial charge in [-0.25, -0.2) is 8.78 Å². The molecule has 0 aliphatic heterocycles. The number of halogens is 3. The number of fused-ring (bicyclic) bond motifs is 1. The number of benzene rings is 2. The molecule has 132 valence electrons. The van der Waals surface area contributed by atoms with Crippen molar-refractivity contribution in [2.24, 2.45) is 0 Å². The molecule has 0 radical (unpaired) electrons. The number of rotatable bonds is 5. The van der Waals surface area contributed by atoms with Crippen LogP contribution in [0, 0.1) is 17.5 Å². The Morgan fingerprint density at radius 2 is 1.68 bits per heavy atom. The van der Waals surface area contributed by atoms with Crippen molar-refractivity contribution in [3.63, 3.8) is 0 Å². The van der Waals surface area contributed by atoms with Crippen LogP contribution in [0.2, 0.25) is 0 Å². The van der Waals surface area contributed by atoms with Crippen LogP contribution in [-0.2, 0) is 12.8 Å². The Morgan fingerprint density at radius 3 is 2.40 bits per heavy atom. The van der Waals surface area contributed by atoms with Gasteiger partial charge < -0.3 is 4.74 Å². The van der Waals surface area contributed by atoms with Crippen LogP contribution in [0.25, 0.3) is 11.1 Å². The van der Waals surface area contributed by atoms with Crippen LogP contribution >= 0.6 is 0 Å². The summed E-state index contributed by atoms with van der Waals surface area (Å²) in [6, 6.07) is 6.04. The Labute approximate surface area is 146 Å². The fraction of sp³-hybridized carbons (Fsp3) is 0.333. The zero-order valence-electron chi connectivity index (χ0n) is 14.5. The second-order valence-corrected chi connectivity index (χ2v) is 6.35. The predicted octanol–water partition coefficient (Wildman–Crippen LogP) is 5.99. The summed E-state index contributed by atoms with van der Waals surface area (Å²) in [7, 11) is 1.26. The van der Waals surface area contributed by atoms with Gasteiger partial charge in [0, 0.05) is 11.1 Å². The van der Waals surface area contributed by atoms with Crippen LogP contribution in [0.4, 0.5) is 13.2 Å². The third kappa shape index (κ3) is 3.30. The summed E-state index contributed by atoms with van der Waals surface area (Å²) in [5, 5.41) is 0. The first-order valence-electron chi connectivity index (χ1n) is 8.57. The summed E-state index contributed by atoms with van der Waals surface area (Å²) >= 11 is 0. The second-order valence-electron chi connectivity index (χ2n) is 6.35. The molecule has 1 aliphatic rings. The standard InChI is InChI=1S/C21H21F3O/c1-3-4-5-13-6-8-15-14(12-13)7-9-16(19(15)22)17-10-11-18(25-2)21(24)20(17)23/h6-7,9-11H,3-5,8,12H2,1-2H3. The summed E-state index contributed by atoms with van der Waals surface area (Å²) in [5.41, 5.74) is 2.84. The van der Waals surface area contributed by atoms with Crippen molar-refractivity contribution in [1.82, 2.24) is 0 Å². The number of methoxy groups -OCH3 is 1. The first kappa shape index (κ1) is 17.6. The monoisotopic (exact) mass is 346 g/mol. The Kier molecular flexibility index (Phi) is 5.16. The molecule has 0 atom stereocenters. The van der Waals surface area contributed by atoms with Gasteiger partial charge in [0.05, 0.1) is 7.11 Å². The van der Waals surface area contributed by atoms with E-state index in [9.17, 15) is 13.2 Å². The predicted molar refractivity (Wildman–Crippen MR) is 93.3 cm³/mol.